The first kappa shape index (κ1) is 16.1. The Labute approximate surface area is 137 Å². The second kappa shape index (κ2) is 6.37. The van der Waals surface area contributed by atoms with E-state index in [-0.39, 0.29) is 23.1 Å². The number of carbonyl (C=O) groups excluding carboxylic acids is 1. The van der Waals surface area contributed by atoms with Crippen molar-refractivity contribution in [1.29, 1.82) is 0 Å². The summed E-state index contributed by atoms with van der Waals surface area (Å²) in [5.74, 6) is -1.11. The minimum atomic E-state index is -0.878. The number of aromatic amines is 1. The van der Waals surface area contributed by atoms with Gasteiger partial charge in [-0.05, 0) is 43.7 Å². The smallest absolute Gasteiger partial charge is 0.320 e. The number of nitrogens with one attached hydrogen (secondary N) is 1. The van der Waals surface area contributed by atoms with Crippen LogP contribution in [0.2, 0.25) is 0 Å². The maximum atomic E-state index is 12.1. The van der Waals surface area contributed by atoms with E-state index in [1.807, 2.05) is 0 Å². The zero-order valence-corrected chi connectivity index (χ0v) is 13.0. The minimum Gasteiger partial charge on any atom is -0.480 e. The normalized spacial score (nSPS) is 23.4. The summed E-state index contributed by atoms with van der Waals surface area (Å²) in [6, 6.07) is 2.40. The number of nitrogens with zero attached hydrogens (tertiary/aromatic N) is 2. The summed E-state index contributed by atoms with van der Waals surface area (Å²) in [4.78, 5) is 43.8. The quantitative estimate of drug-likeness (QED) is 0.743. The van der Waals surface area contributed by atoms with E-state index < -0.39 is 12.0 Å². The molecule has 0 bridgehead atoms. The fraction of sp³-hybridized carbons (Fsp3) is 0.294. The predicted molar refractivity (Wildman–Crippen MR) is 89.1 cm³/mol. The maximum Gasteiger partial charge on any atom is 0.320 e. The molecule has 2 aliphatic rings. The van der Waals surface area contributed by atoms with Crippen molar-refractivity contribution in [3.8, 4) is 0 Å². The summed E-state index contributed by atoms with van der Waals surface area (Å²) in [6.07, 6.45) is 4.34. The average Bonchev–Trinajstić information content (AvgIpc) is 3.01. The van der Waals surface area contributed by atoms with Crippen molar-refractivity contribution in [3.05, 3.63) is 45.2 Å². The molecule has 1 saturated heterocycles. The first-order chi connectivity index (χ1) is 11.5. The maximum absolute atomic E-state index is 12.1. The van der Waals surface area contributed by atoms with E-state index in [2.05, 4.69) is 16.6 Å². The van der Waals surface area contributed by atoms with Crippen LogP contribution >= 0.6 is 0 Å². The molecule has 7 nitrogen and oxygen atoms in total. The van der Waals surface area contributed by atoms with Gasteiger partial charge in [-0.2, -0.15) is 0 Å². The van der Waals surface area contributed by atoms with Gasteiger partial charge in [0, 0.05) is 6.54 Å². The number of ketones is 1. The van der Waals surface area contributed by atoms with E-state index in [1.54, 1.807) is 17.0 Å². The molecule has 0 radical (unpaired) electrons. The molecular weight excluding hydrogens is 310 g/mol. The van der Waals surface area contributed by atoms with Crippen LogP contribution in [0.4, 0.5) is 0 Å². The van der Waals surface area contributed by atoms with Gasteiger partial charge in [-0.25, -0.2) is 4.99 Å². The highest BCUT2D eigenvalue weighted by Gasteiger charge is 2.32. The van der Waals surface area contributed by atoms with Crippen LogP contribution in [0.1, 0.15) is 12.8 Å². The Bertz CT molecular complexity index is 926. The number of carbonyl (C=O) groups is 2. The number of aromatic nitrogens is 1. The zero-order valence-electron chi connectivity index (χ0n) is 13.0. The third kappa shape index (κ3) is 3.11. The fourth-order valence-corrected chi connectivity index (χ4v) is 2.91. The van der Waals surface area contributed by atoms with E-state index in [0.717, 1.165) is 6.42 Å². The number of hydrogen-bond acceptors (Lipinski definition) is 5. The zero-order chi connectivity index (χ0) is 17.3. The molecule has 3 rings (SSSR count). The lowest BCUT2D eigenvalue weighted by Gasteiger charge is -2.21. The number of likely N-dealkylation sites (tertiary alicyclic amines) is 1. The van der Waals surface area contributed by atoms with Crippen molar-refractivity contribution in [2.45, 2.75) is 18.9 Å². The second-order valence-electron chi connectivity index (χ2n) is 5.82. The van der Waals surface area contributed by atoms with E-state index in [1.165, 1.54) is 12.1 Å². The number of hydrogen-bond donors (Lipinski definition) is 2. The van der Waals surface area contributed by atoms with Gasteiger partial charge in [-0.1, -0.05) is 6.58 Å². The molecule has 0 unspecified atom stereocenters. The largest absolute Gasteiger partial charge is 0.480 e. The molecule has 3 heterocycles. The highest BCUT2D eigenvalue weighted by Crippen LogP contribution is 2.18. The molecule has 1 fully saturated rings. The van der Waals surface area contributed by atoms with Crippen LogP contribution in [0.15, 0.2) is 34.1 Å². The number of H-pyrrole nitrogens is 1. The van der Waals surface area contributed by atoms with Crippen molar-refractivity contribution in [2.24, 2.45) is 4.99 Å². The summed E-state index contributed by atoms with van der Waals surface area (Å²) < 4.78 is 0. The monoisotopic (exact) mass is 327 g/mol. The molecule has 2 aliphatic heterocycles. The Morgan fingerprint density at radius 1 is 1.38 bits per heavy atom. The number of pyridine rings is 1. The summed E-state index contributed by atoms with van der Waals surface area (Å²) in [5, 5.41) is 10.1. The SMILES string of the molecule is C=c1[nH]/c(=C2/C=CC(=O)C(CN3CCC[C@H]3C(=O)O)=N2)ccc1=O. The van der Waals surface area contributed by atoms with Gasteiger partial charge in [-0.3, -0.25) is 19.3 Å². The van der Waals surface area contributed by atoms with Gasteiger partial charge in [0.25, 0.3) is 0 Å². The van der Waals surface area contributed by atoms with Crippen LogP contribution in [-0.4, -0.2) is 51.6 Å². The predicted octanol–water partition coefficient (Wildman–Crippen LogP) is -0.978. The number of aliphatic carboxylic acids is 1. The number of carboxylic acid groups (broad SMARTS) is 1. The fourth-order valence-electron chi connectivity index (χ4n) is 2.91. The first-order valence-corrected chi connectivity index (χ1v) is 7.65. The van der Waals surface area contributed by atoms with Gasteiger partial charge < -0.3 is 10.1 Å². The van der Waals surface area contributed by atoms with Crippen LogP contribution in [0, 0.1) is 0 Å². The van der Waals surface area contributed by atoms with Crippen LogP contribution in [0.5, 0.6) is 0 Å². The number of allylic oxidation sites excluding steroid dienone is 1. The highest BCUT2D eigenvalue weighted by molar-refractivity contribution is 6.46. The molecule has 24 heavy (non-hydrogen) atoms. The second-order valence-corrected chi connectivity index (χ2v) is 5.82. The lowest BCUT2D eigenvalue weighted by Crippen LogP contribution is -2.41. The molecule has 0 spiro atoms. The van der Waals surface area contributed by atoms with Crippen LogP contribution < -0.4 is 16.1 Å². The van der Waals surface area contributed by atoms with Crippen molar-refractivity contribution in [3.63, 3.8) is 0 Å². The van der Waals surface area contributed by atoms with Crippen molar-refractivity contribution < 1.29 is 14.7 Å². The summed E-state index contributed by atoms with van der Waals surface area (Å²) in [6.45, 7) is 4.45. The Balaban J connectivity index is 1.95. The van der Waals surface area contributed by atoms with Crippen LogP contribution in [0.25, 0.3) is 12.3 Å². The number of rotatable bonds is 3. The molecule has 0 aromatic carbocycles. The standard InChI is InChI=1S/C17H17N3O4/c1-10-15(21)6-4-11(18-10)12-5-7-16(22)13(19-12)9-20-8-2-3-14(20)17(23)24/h4-7,14,18H,1-3,8-9H2,(H,23,24)/b12-11-/t14-/m0/s1. The van der Waals surface area contributed by atoms with Crippen LogP contribution in [-0.2, 0) is 9.59 Å². The topological polar surface area (TPSA) is 103 Å². The Hall–Kier alpha value is -2.80. The van der Waals surface area contributed by atoms with Crippen molar-refractivity contribution in [2.75, 3.05) is 13.1 Å². The van der Waals surface area contributed by atoms with E-state index >= 15 is 0 Å². The van der Waals surface area contributed by atoms with Gasteiger partial charge in [0.1, 0.15) is 11.8 Å². The summed E-state index contributed by atoms with van der Waals surface area (Å²) in [7, 11) is 0. The van der Waals surface area contributed by atoms with Crippen molar-refractivity contribution >= 4 is 29.7 Å². The van der Waals surface area contributed by atoms with E-state index in [0.29, 0.717) is 29.7 Å². The Morgan fingerprint density at radius 2 is 2.17 bits per heavy atom. The molecule has 2 N–H and O–H groups in total. The summed E-state index contributed by atoms with van der Waals surface area (Å²) in [5.41, 5.74) is 0.604. The molecule has 1 aromatic heterocycles. The number of aliphatic imine (C=N–C) groups is 1. The molecule has 124 valence electrons. The van der Waals surface area contributed by atoms with Gasteiger partial charge in [-0.15, -0.1) is 0 Å². The minimum absolute atomic E-state index is 0.195. The molecule has 7 heteroatoms. The van der Waals surface area contributed by atoms with Gasteiger partial charge >= 0.3 is 5.97 Å². The molecule has 0 saturated carbocycles. The van der Waals surface area contributed by atoms with E-state index in [9.17, 15) is 19.5 Å². The molecule has 1 atom stereocenters. The molecule has 0 aliphatic carbocycles. The molecule has 1 aromatic rings. The van der Waals surface area contributed by atoms with E-state index in [4.69, 9.17) is 0 Å². The van der Waals surface area contributed by atoms with Gasteiger partial charge in [0.2, 0.25) is 11.2 Å². The summed E-state index contributed by atoms with van der Waals surface area (Å²) >= 11 is 0. The average molecular weight is 327 g/mol. The first-order valence-electron chi connectivity index (χ1n) is 7.65. The third-order valence-corrected chi connectivity index (χ3v) is 4.19. The van der Waals surface area contributed by atoms with Gasteiger partial charge in [0.05, 0.1) is 16.4 Å². The van der Waals surface area contributed by atoms with Crippen molar-refractivity contribution in [1.82, 2.24) is 9.88 Å². The highest BCUT2D eigenvalue weighted by atomic mass is 16.4. The number of dihydropyridines is 1. The molecular formula is C17H17N3O4. The van der Waals surface area contributed by atoms with Crippen LogP contribution in [0.3, 0.4) is 0 Å². The van der Waals surface area contributed by atoms with Gasteiger partial charge in [0.15, 0.2) is 0 Å². The molecule has 0 amide bonds. The lowest BCUT2D eigenvalue weighted by atomic mass is 10.1. The number of carboxylic acids is 1. The Kier molecular flexibility index (Phi) is 4.26. The Morgan fingerprint density at radius 3 is 2.88 bits per heavy atom. The third-order valence-electron chi connectivity index (χ3n) is 4.19. The lowest BCUT2D eigenvalue weighted by molar-refractivity contribution is -0.141.